The highest BCUT2D eigenvalue weighted by atomic mass is 16.3. The summed E-state index contributed by atoms with van der Waals surface area (Å²) >= 11 is 0. The Hall–Kier alpha value is -1.55. The first-order valence-electron chi connectivity index (χ1n) is 6.80. The fourth-order valence-electron chi connectivity index (χ4n) is 2.07. The van der Waals surface area contributed by atoms with Crippen LogP contribution in [0.4, 0.5) is 0 Å². The van der Waals surface area contributed by atoms with Crippen LogP contribution in [-0.2, 0) is 4.79 Å². The van der Waals surface area contributed by atoms with E-state index in [0.717, 1.165) is 12.0 Å². The molecule has 0 radical (unpaired) electrons. The first-order chi connectivity index (χ1) is 9.01. The average molecular weight is 264 g/mol. The molecule has 0 bridgehead atoms. The standard InChI is InChI=1S/C15H24N2O2/c1-5-13(12-9-7-8-10-14(12)18)16-11(3)15(19)17(4)6-2/h7-11,13,16,18H,5-6H2,1-4H3. The van der Waals surface area contributed by atoms with Crippen LogP contribution in [0, 0.1) is 0 Å². The molecule has 0 saturated heterocycles. The van der Waals surface area contributed by atoms with Crippen LogP contribution in [0.3, 0.4) is 0 Å². The Kier molecular flexibility index (Phi) is 5.83. The summed E-state index contributed by atoms with van der Waals surface area (Å²) in [5, 5.41) is 13.2. The number of hydrogen-bond acceptors (Lipinski definition) is 3. The van der Waals surface area contributed by atoms with Crippen molar-refractivity contribution in [1.29, 1.82) is 0 Å². The maximum atomic E-state index is 12.0. The Labute approximate surface area is 115 Å². The van der Waals surface area contributed by atoms with Crippen molar-refractivity contribution in [3.05, 3.63) is 29.8 Å². The number of para-hydroxylation sites is 1. The fraction of sp³-hybridized carbons (Fsp3) is 0.533. The van der Waals surface area contributed by atoms with E-state index >= 15 is 0 Å². The van der Waals surface area contributed by atoms with Crippen LogP contribution in [-0.4, -0.2) is 35.5 Å². The Morgan fingerprint density at radius 2 is 2.00 bits per heavy atom. The molecule has 0 spiro atoms. The van der Waals surface area contributed by atoms with Gasteiger partial charge < -0.3 is 10.0 Å². The van der Waals surface area contributed by atoms with Gasteiger partial charge in [0.15, 0.2) is 0 Å². The van der Waals surface area contributed by atoms with Crippen LogP contribution in [0.5, 0.6) is 5.75 Å². The van der Waals surface area contributed by atoms with Crippen molar-refractivity contribution >= 4 is 5.91 Å². The van der Waals surface area contributed by atoms with Crippen molar-refractivity contribution in [3.63, 3.8) is 0 Å². The molecule has 0 aromatic heterocycles. The van der Waals surface area contributed by atoms with Crippen molar-refractivity contribution in [3.8, 4) is 5.75 Å². The van der Waals surface area contributed by atoms with Gasteiger partial charge in [0.05, 0.1) is 6.04 Å². The Bertz CT molecular complexity index is 420. The van der Waals surface area contributed by atoms with E-state index in [2.05, 4.69) is 5.32 Å². The van der Waals surface area contributed by atoms with E-state index in [4.69, 9.17) is 0 Å². The number of carbonyl (C=O) groups excluding carboxylic acids is 1. The molecule has 0 aliphatic heterocycles. The predicted molar refractivity (Wildman–Crippen MR) is 77.0 cm³/mol. The minimum absolute atomic E-state index is 0.0228. The molecule has 2 N–H and O–H groups in total. The number of hydrogen-bond donors (Lipinski definition) is 2. The quantitative estimate of drug-likeness (QED) is 0.829. The lowest BCUT2D eigenvalue weighted by molar-refractivity contribution is -0.131. The average Bonchev–Trinajstić information content (AvgIpc) is 2.43. The molecule has 0 heterocycles. The molecule has 2 atom stereocenters. The highest BCUT2D eigenvalue weighted by Gasteiger charge is 2.21. The summed E-state index contributed by atoms with van der Waals surface area (Å²) in [5.41, 5.74) is 0.837. The first-order valence-corrected chi connectivity index (χ1v) is 6.80. The summed E-state index contributed by atoms with van der Waals surface area (Å²) in [6.45, 7) is 6.53. The van der Waals surface area contributed by atoms with Crippen LogP contribution in [0.1, 0.15) is 38.8 Å². The van der Waals surface area contributed by atoms with Gasteiger partial charge >= 0.3 is 0 Å². The van der Waals surface area contributed by atoms with Crippen LogP contribution in [0.2, 0.25) is 0 Å². The second-order valence-electron chi connectivity index (χ2n) is 4.76. The third kappa shape index (κ3) is 3.96. The lowest BCUT2D eigenvalue weighted by Gasteiger charge is -2.25. The normalized spacial score (nSPS) is 13.9. The van der Waals surface area contributed by atoms with E-state index in [1.54, 1.807) is 24.1 Å². The van der Waals surface area contributed by atoms with Crippen molar-refractivity contribution in [2.24, 2.45) is 0 Å². The summed E-state index contributed by atoms with van der Waals surface area (Å²) in [6.07, 6.45) is 0.811. The Morgan fingerprint density at radius 1 is 1.37 bits per heavy atom. The maximum absolute atomic E-state index is 12.0. The molecule has 19 heavy (non-hydrogen) atoms. The number of benzene rings is 1. The maximum Gasteiger partial charge on any atom is 0.239 e. The van der Waals surface area contributed by atoms with Crippen molar-refractivity contribution < 1.29 is 9.90 Å². The van der Waals surface area contributed by atoms with Gasteiger partial charge in [0.25, 0.3) is 0 Å². The van der Waals surface area contributed by atoms with Gasteiger partial charge in [-0.2, -0.15) is 0 Å². The molecule has 4 nitrogen and oxygen atoms in total. The number of phenolic OH excluding ortho intramolecular Hbond substituents is 1. The third-order valence-corrected chi connectivity index (χ3v) is 3.39. The van der Waals surface area contributed by atoms with E-state index < -0.39 is 0 Å². The van der Waals surface area contributed by atoms with Gasteiger partial charge in [-0.25, -0.2) is 0 Å². The number of aromatic hydroxyl groups is 1. The summed E-state index contributed by atoms with van der Waals surface area (Å²) in [4.78, 5) is 13.7. The lowest BCUT2D eigenvalue weighted by atomic mass is 10.0. The number of nitrogens with one attached hydrogen (secondary N) is 1. The van der Waals surface area contributed by atoms with Gasteiger partial charge in [0.2, 0.25) is 5.91 Å². The van der Waals surface area contributed by atoms with E-state index in [1.165, 1.54) is 0 Å². The molecular formula is C15H24N2O2. The summed E-state index contributed by atoms with van der Waals surface area (Å²) < 4.78 is 0. The van der Waals surface area contributed by atoms with Gasteiger partial charge in [-0.3, -0.25) is 10.1 Å². The van der Waals surface area contributed by atoms with E-state index in [9.17, 15) is 9.90 Å². The highest BCUT2D eigenvalue weighted by Crippen LogP contribution is 2.26. The van der Waals surface area contributed by atoms with Crippen LogP contribution in [0.25, 0.3) is 0 Å². The van der Waals surface area contributed by atoms with Gasteiger partial charge in [-0.05, 0) is 26.3 Å². The lowest BCUT2D eigenvalue weighted by Crippen LogP contribution is -2.44. The van der Waals surface area contributed by atoms with Crippen LogP contribution < -0.4 is 5.32 Å². The van der Waals surface area contributed by atoms with Crippen LogP contribution >= 0.6 is 0 Å². The largest absolute Gasteiger partial charge is 0.508 e. The molecule has 1 aromatic rings. The number of rotatable bonds is 6. The summed E-state index contributed by atoms with van der Waals surface area (Å²) in [7, 11) is 1.79. The molecule has 1 aromatic carbocycles. The molecule has 106 valence electrons. The number of phenols is 1. The molecule has 0 saturated carbocycles. The SMILES string of the molecule is CCC(NC(C)C(=O)N(C)CC)c1ccccc1O. The number of carbonyl (C=O) groups is 1. The monoisotopic (exact) mass is 264 g/mol. The van der Waals surface area contributed by atoms with Gasteiger partial charge in [0.1, 0.15) is 5.75 Å². The second kappa shape index (κ2) is 7.14. The topological polar surface area (TPSA) is 52.6 Å². The highest BCUT2D eigenvalue weighted by molar-refractivity contribution is 5.81. The van der Waals surface area contributed by atoms with Crippen molar-refractivity contribution in [1.82, 2.24) is 10.2 Å². The van der Waals surface area contributed by atoms with Gasteiger partial charge in [0, 0.05) is 25.2 Å². The second-order valence-corrected chi connectivity index (χ2v) is 4.76. The van der Waals surface area contributed by atoms with Gasteiger partial charge in [-0.1, -0.05) is 25.1 Å². The zero-order chi connectivity index (χ0) is 14.4. The zero-order valence-electron chi connectivity index (χ0n) is 12.2. The summed E-state index contributed by atoms with van der Waals surface area (Å²) in [6, 6.07) is 6.95. The zero-order valence-corrected chi connectivity index (χ0v) is 12.2. The number of likely N-dealkylation sites (N-methyl/N-ethyl adjacent to an activating group) is 1. The minimum atomic E-state index is -0.269. The molecule has 1 amide bonds. The fourth-order valence-corrected chi connectivity index (χ4v) is 2.07. The third-order valence-electron chi connectivity index (χ3n) is 3.39. The molecule has 0 aliphatic carbocycles. The summed E-state index contributed by atoms with van der Waals surface area (Å²) in [5.74, 6) is 0.335. The molecule has 0 fully saturated rings. The number of nitrogens with zero attached hydrogens (tertiary/aromatic N) is 1. The molecule has 1 rings (SSSR count). The van der Waals surface area contributed by atoms with E-state index in [1.807, 2.05) is 32.9 Å². The van der Waals surface area contributed by atoms with E-state index in [0.29, 0.717) is 6.54 Å². The smallest absolute Gasteiger partial charge is 0.239 e. The Balaban J connectivity index is 2.78. The van der Waals surface area contributed by atoms with Gasteiger partial charge in [-0.15, -0.1) is 0 Å². The first kappa shape index (κ1) is 15.5. The van der Waals surface area contributed by atoms with Crippen LogP contribution in [0.15, 0.2) is 24.3 Å². The molecule has 0 aliphatic rings. The molecule has 4 heteroatoms. The molecular weight excluding hydrogens is 240 g/mol. The predicted octanol–water partition coefficient (Wildman–Crippen LogP) is 2.30. The number of amides is 1. The Morgan fingerprint density at radius 3 is 2.53 bits per heavy atom. The minimum Gasteiger partial charge on any atom is -0.508 e. The van der Waals surface area contributed by atoms with Crippen molar-refractivity contribution in [2.75, 3.05) is 13.6 Å². The van der Waals surface area contributed by atoms with E-state index in [-0.39, 0.29) is 23.7 Å². The molecule has 2 unspecified atom stereocenters. The van der Waals surface area contributed by atoms with Crippen molar-refractivity contribution in [2.45, 2.75) is 39.3 Å².